The maximum atomic E-state index is 11.4. The summed E-state index contributed by atoms with van der Waals surface area (Å²) in [6, 6.07) is 0.930. The van der Waals surface area contributed by atoms with E-state index >= 15 is 0 Å². The van der Waals surface area contributed by atoms with Crippen LogP contribution in [0.5, 0.6) is 0 Å². The number of hydrogen-bond donors (Lipinski definition) is 3. The van der Waals surface area contributed by atoms with Crippen molar-refractivity contribution in [1.82, 2.24) is 9.78 Å². The van der Waals surface area contributed by atoms with E-state index in [0.717, 1.165) is 0 Å². The highest BCUT2D eigenvalue weighted by atomic mass is 16.3. The van der Waals surface area contributed by atoms with Crippen LogP contribution >= 0.6 is 0 Å². The molecule has 14 heavy (non-hydrogen) atoms. The van der Waals surface area contributed by atoms with E-state index in [1.165, 1.54) is 10.7 Å². The number of aliphatic hydroxyl groups is 1. The second-order valence-corrected chi connectivity index (χ2v) is 3.84. The van der Waals surface area contributed by atoms with E-state index in [1.807, 2.05) is 13.8 Å². The number of nitrogens with two attached hydrogens (primary N) is 1. The number of nitrogens with zero attached hydrogens (tertiary/aromatic N) is 1. The molecule has 0 aliphatic heterocycles. The van der Waals surface area contributed by atoms with Crippen molar-refractivity contribution in [3.8, 4) is 0 Å². The molecule has 1 aromatic rings. The Labute approximate surface area is 82.5 Å². The van der Waals surface area contributed by atoms with Gasteiger partial charge in [0.25, 0.3) is 5.56 Å². The quantitative estimate of drug-likeness (QED) is 0.629. The number of hydrogen-bond acceptors (Lipinski definition) is 3. The molecule has 4 N–H and O–H groups in total. The summed E-state index contributed by atoms with van der Waals surface area (Å²) in [6.45, 7) is 4.52. The fourth-order valence-corrected chi connectivity index (χ4v) is 1.24. The van der Waals surface area contributed by atoms with Gasteiger partial charge in [-0.1, -0.05) is 13.8 Å². The fraction of sp³-hybridized carbons (Fsp3) is 0.667. The first-order chi connectivity index (χ1) is 6.54. The van der Waals surface area contributed by atoms with Crippen LogP contribution in [0.1, 0.15) is 25.6 Å². The second-order valence-electron chi connectivity index (χ2n) is 3.84. The average molecular weight is 199 g/mol. The van der Waals surface area contributed by atoms with Crippen LogP contribution in [0.25, 0.3) is 0 Å². The van der Waals surface area contributed by atoms with E-state index in [0.29, 0.717) is 18.2 Å². The third-order valence-corrected chi connectivity index (χ3v) is 1.95. The van der Waals surface area contributed by atoms with Crippen molar-refractivity contribution in [3.05, 3.63) is 22.1 Å². The first-order valence-electron chi connectivity index (χ1n) is 4.70. The Hall–Kier alpha value is -1.07. The van der Waals surface area contributed by atoms with Gasteiger partial charge in [-0.05, 0) is 5.92 Å². The Kier molecular flexibility index (Phi) is 3.49. The van der Waals surface area contributed by atoms with E-state index in [-0.39, 0.29) is 12.2 Å². The number of rotatable bonds is 4. The van der Waals surface area contributed by atoms with E-state index in [1.54, 1.807) is 0 Å². The fourth-order valence-electron chi connectivity index (χ4n) is 1.24. The van der Waals surface area contributed by atoms with Crippen molar-refractivity contribution in [2.24, 2.45) is 11.7 Å². The van der Waals surface area contributed by atoms with Crippen molar-refractivity contribution < 1.29 is 5.11 Å². The molecule has 1 rings (SSSR count). The topological polar surface area (TPSA) is 84.0 Å². The zero-order valence-electron chi connectivity index (χ0n) is 8.53. The van der Waals surface area contributed by atoms with Gasteiger partial charge < -0.3 is 10.8 Å². The van der Waals surface area contributed by atoms with Crippen LogP contribution in [0.3, 0.4) is 0 Å². The maximum absolute atomic E-state index is 11.4. The van der Waals surface area contributed by atoms with E-state index in [9.17, 15) is 4.79 Å². The van der Waals surface area contributed by atoms with E-state index in [4.69, 9.17) is 10.8 Å². The summed E-state index contributed by atoms with van der Waals surface area (Å²) < 4.78 is 1.51. The minimum Gasteiger partial charge on any atom is -0.394 e. The summed E-state index contributed by atoms with van der Waals surface area (Å²) in [5, 5.41) is 11.7. The normalized spacial score (nSPS) is 13.5. The van der Waals surface area contributed by atoms with Gasteiger partial charge >= 0.3 is 0 Å². The SMILES string of the molecule is CC(C)Cn1[nH]c(C(N)CO)cc1=O. The zero-order valence-corrected chi connectivity index (χ0v) is 8.53. The summed E-state index contributed by atoms with van der Waals surface area (Å²) in [7, 11) is 0. The van der Waals surface area contributed by atoms with Gasteiger partial charge in [0.2, 0.25) is 0 Å². The van der Waals surface area contributed by atoms with Gasteiger partial charge in [-0.3, -0.25) is 14.6 Å². The van der Waals surface area contributed by atoms with Gasteiger partial charge in [0.1, 0.15) is 0 Å². The molecule has 0 saturated heterocycles. The van der Waals surface area contributed by atoms with Gasteiger partial charge in [-0.15, -0.1) is 0 Å². The Bertz CT molecular complexity index is 340. The summed E-state index contributed by atoms with van der Waals surface area (Å²) >= 11 is 0. The largest absolute Gasteiger partial charge is 0.394 e. The molecule has 0 amide bonds. The number of aromatic amines is 1. The Morgan fingerprint density at radius 1 is 1.64 bits per heavy atom. The lowest BCUT2D eigenvalue weighted by atomic mass is 10.2. The van der Waals surface area contributed by atoms with Crippen molar-refractivity contribution in [2.75, 3.05) is 6.61 Å². The molecule has 0 spiro atoms. The first-order valence-corrected chi connectivity index (χ1v) is 4.70. The standard InChI is InChI=1S/C9H17N3O2/c1-6(2)4-12-9(14)3-8(11-12)7(10)5-13/h3,6-7,11,13H,4-5,10H2,1-2H3. The van der Waals surface area contributed by atoms with E-state index in [2.05, 4.69) is 5.10 Å². The molecule has 0 saturated carbocycles. The lowest BCUT2D eigenvalue weighted by molar-refractivity contribution is 0.265. The summed E-state index contributed by atoms with van der Waals surface area (Å²) in [5.74, 6) is 0.393. The molecule has 0 bridgehead atoms. The highest BCUT2D eigenvalue weighted by molar-refractivity contribution is 5.04. The Balaban J connectivity index is 2.88. The molecule has 1 atom stereocenters. The highest BCUT2D eigenvalue weighted by Crippen LogP contribution is 2.03. The van der Waals surface area contributed by atoms with Crippen molar-refractivity contribution >= 4 is 0 Å². The number of H-pyrrole nitrogens is 1. The molecule has 80 valence electrons. The molecule has 0 aromatic carbocycles. The van der Waals surface area contributed by atoms with Gasteiger partial charge in [0, 0.05) is 12.6 Å². The van der Waals surface area contributed by atoms with Crippen LogP contribution < -0.4 is 11.3 Å². The monoisotopic (exact) mass is 199 g/mol. The molecule has 0 aliphatic carbocycles. The van der Waals surface area contributed by atoms with Crippen molar-refractivity contribution in [3.63, 3.8) is 0 Å². The summed E-state index contributed by atoms with van der Waals surface area (Å²) in [5.41, 5.74) is 6.06. The van der Waals surface area contributed by atoms with Gasteiger partial charge in [-0.25, -0.2) is 0 Å². The highest BCUT2D eigenvalue weighted by Gasteiger charge is 2.10. The predicted molar refractivity (Wildman–Crippen MR) is 53.9 cm³/mol. The maximum Gasteiger partial charge on any atom is 0.266 e. The van der Waals surface area contributed by atoms with Gasteiger partial charge in [0.15, 0.2) is 0 Å². The molecule has 0 aliphatic rings. The van der Waals surface area contributed by atoms with Crippen LogP contribution in [0, 0.1) is 5.92 Å². The van der Waals surface area contributed by atoms with Crippen LogP contribution in [0.15, 0.2) is 10.9 Å². The molecule has 5 nitrogen and oxygen atoms in total. The Morgan fingerprint density at radius 2 is 2.29 bits per heavy atom. The minimum absolute atomic E-state index is 0.0994. The molecule has 1 unspecified atom stereocenters. The van der Waals surface area contributed by atoms with Gasteiger partial charge in [0.05, 0.1) is 18.3 Å². The molecular formula is C9H17N3O2. The van der Waals surface area contributed by atoms with Crippen LogP contribution in [0.4, 0.5) is 0 Å². The molecule has 0 radical (unpaired) electrons. The molecular weight excluding hydrogens is 182 g/mol. The molecule has 0 fully saturated rings. The predicted octanol–water partition coefficient (Wildman–Crippen LogP) is -0.175. The van der Waals surface area contributed by atoms with Crippen molar-refractivity contribution in [2.45, 2.75) is 26.4 Å². The van der Waals surface area contributed by atoms with Crippen molar-refractivity contribution in [1.29, 1.82) is 0 Å². The van der Waals surface area contributed by atoms with Crippen LogP contribution in [0.2, 0.25) is 0 Å². The third-order valence-electron chi connectivity index (χ3n) is 1.95. The number of aliphatic hydroxyl groups excluding tert-OH is 1. The molecule has 5 heteroatoms. The zero-order chi connectivity index (χ0) is 10.7. The second kappa shape index (κ2) is 4.43. The molecule has 1 heterocycles. The first kappa shape index (κ1) is 11.0. The van der Waals surface area contributed by atoms with Crippen LogP contribution in [-0.2, 0) is 6.54 Å². The number of nitrogens with one attached hydrogen (secondary N) is 1. The number of aromatic nitrogens is 2. The summed E-state index contributed by atoms with van der Waals surface area (Å²) in [6.07, 6.45) is 0. The van der Waals surface area contributed by atoms with Gasteiger partial charge in [-0.2, -0.15) is 0 Å². The smallest absolute Gasteiger partial charge is 0.266 e. The third kappa shape index (κ3) is 2.46. The minimum atomic E-state index is -0.504. The summed E-state index contributed by atoms with van der Waals surface area (Å²) in [4.78, 5) is 11.4. The average Bonchev–Trinajstić information content (AvgIpc) is 2.46. The molecule has 1 aromatic heterocycles. The van der Waals surface area contributed by atoms with Crippen LogP contribution in [-0.4, -0.2) is 21.5 Å². The van der Waals surface area contributed by atoms with E-state index < -0.39 is 6.04 Å². The Morgan fingerprint density at radius 3 is 2.79 bits per heavy atom. The lowest BCUT2D eigenvalue weighted by Gasteiger charge is -2.07. The lowest BCUT2D eigenvalue weighted by Crippen LogP contribution is -2.19.